The largest absolute Gasteiger partial charge is 0.349 e. The van der Waals surface area contributed by atoms with Crippen molar-refractivity contribution in [1.29, 1.82) is 0 Å². The lowest BCUT2D eigenvalue weighted by Gasteiger charge is -2.34. The first kappa shape index (κ1) is 17.2. The highest BCUT2D eigenvalue weighted by Gasteiger charge is 2.25. The maximum atomic E-state index is 12.8. The molecule has 0 bridgehead atoms. The molecular weight excluding hydrogens is 323 g/mol. The number of anilines is 1. The minimum absolute atomic E-state index is 0.116. The number of halogens is 1. The summed E-state index contributed by atoms with van der Waals surface area (Å²) >= 11 is 0. The average Bonchev–Trinajstić information content (AvgIpc) is 3.07. The average molecular weight is 344 g/mol. The fraction of sp³-hybridized carbons (Fsp3) is 0.333. The van der Waals surface area contributed by atoms with Gasteiger partial charge in [0.05, 0.1) is 13.1 Å². The summed E-state index contributed by atoms with van der Waals surface area (Å²) in [5, 5.41) is 5.24. The maximum Gasteiger partial charge on any atom is 0.243 e. The van der Waals surface area contributed by atoms with Crippen molar-refractivity contribution in [3.8, 4) is 0 Å². The molecule has 0 fully saturated rings. The fourth-order valence-electron chi connectivity index (χ4n) is 3.00. The molecule has 0 spiro atoms. The van der Waals surface area contributed by atoms with Gasteiger partial charge in [0.15, 0.2) is 0 Å². The van der Waals surface area contributed by atoms with Crippen LogP contribution < -0.4 is 10.6 Å². The van der Waals surface area contributed by atoms with Crippen molar-refractivity contribution in [1.82, 2.24) is 14.8 Å². The number of nitrogens with one attached hydrogen (secondary N) is 2. The van der Waals surface area contributed by atoms with E-state index in [-0.39, 0.29) is 36.8 Å². The zero-order valence-corrected chi connectivity index (χ0v) is 14.0. The molecule has 0 unspecified atom stereocenters. The van der Waals surface area contributed by atoms with E-state index in [1.54, 1.807) is 0 Å². The second-order valence-corrected chi connectivity index (χ2v) is 6.10. The molecule has 6 nitrogen and oxygen atoms in total. The van der Waals surface area contributed by atoms with Crippen molar-refractivity contribution >= 4 is 17.5 Å². The summed E-state index contributed by atoms with van der Waals surface area (Å²) in [6, 6.07) is 9.70. The summed E-state index contributed by atoms with van der Waals surface area (Å²) in [6.45, 7) is 3.84. The molecule has 132 valence electrons. The van der Waals surface area contributed by atoms with E-state index in [0.717, 1.165) is 13.1 Å². The van der Waals surface area contributed by atoms with Gasteiger partial charge in [-0.25, -0.2) is 4.39 Å². The van der Waals surface area contributed by atoms with E-state index in [9.17, 15) is 14.0 Å². The Labute approximate surface area is 145 Å². The Balaban J connectivity index is 1.45. The summed E-state index contributed by atoms with van der Waals surface area (Å²) in [6.07, 6.45) is 2.04. The minimum atomic E-state index is -0.368. The van der Waals surface area contributed by atoms with E-state index in [1.807, 2.05) is 12.3 Å². The van der Waals surface area contributed by atoms with Crippen molar-refractivity contribution in [2.75, 3.05) is 25.0 Å². The van der Waals surface area contributed by atoms with Gasteiger partial charge in [0, 0.05) is 36.7 Å². The van der Waals surface area contributed by atoms with Crippen LogP contribution in [0.3, 0.4) is 0 Å². The molecule has 2 heterocycles. The van der Waals surface area contributed by atoms with Crippen LogP contribution in [0.15, 0.2) is 42.6 Å². The minimum Gasteiger partial charge on any atom is -0.349 e. The summed E-state index contributed by atoms with van der Waals surface area (Å²) in [5.74, 6) is -0.908. The molecule has 1 aromatic carbocycles. The molecule has 7 heteroatoms. The van der Waals surface area contributed by atoms with Gasteiger partial charge in [0.2, 0.25) is 11.8 Å². The van der Waals surface area contributed by atoms with E-state index in [1.165, 1.54) is 30.0 Å². The number of hydrogen-bond acceptors (Lipinski definition) is 3. The number of carbonyl (C=O) groups is 2. The second kappa shape index (κ2) is 7.48. The van der Waals surface area contributed by atoms with Gasteiger partial charge in [-0.05, 0) is 43.3 Å². The zero-order valence-electron chi connectivity index (χ0n) is 14.0. The van der Waals surface area contributed by atoms with Gasteiger partial charge >= 0.3 is 0 Å². The maximum absolute atomic E-state index is 12.8. The molecule has 0 saturated heterocycles. The van der Waals surface area contributed by atoms with Gasteiger partial charge in [-0.3, -0.25) is 14.5 Å². The molecule has 1 atom stereocenters. The van der Waals surface area contributed by atoms with Crippen LogP contribution in [0.4, 0.5) is 10.1 Å². The standard InChI is InChI=1S/C18H21FN4O2/c1-13-16-3-2-8-22(16)9-10-23(13)12-18(25)20-11-17(24)21-15-6-4-14(19)5-7-15/h2-8,13H,9-12H2,1H3,(H,20,25)(H,21,24)/t13-/m1/s1. The molecule has 2 amide bonds. The normalized spacial score (nSPS) is 17.0. The first-order valence-corrected chi connectivity index (χ1v) is 8.24. The third-order valence-corrected chi connectivity index (χ3v) is 4.39. The van der Waals surface area contributed by atoms with E-state index in [4.69, 9.17) is 0 Å². The highest BCUT2D eigenvalue weighted by Crippen LogP contribution is 2.24. The van der Waals surface area contributed by atoms with E-state index in [2.05, 4.69) is 33.1 Å². The molecule has 2 N–H and O–H groups in total. The Bertz CT molecular complexity index is 757. The number of fused-ring (bicyclic) bond motifs is 1. The molecule has 3 rings (SSSR count). The molecule has 0 aliphatic carbocycles. The van der Waals surface area contributed by atoms with Crippen molar-refractivity contribution in [2.24, 2.45) is 0 Å². The second-order valence-electron chi connectivity index (χ2n) is 6.10. The predicted molar refractivity (Wildman–Crippen MR) is 92.5 cm³/mol. The molecule has 1 aromatic heterocycles. The van der Waals surface area contributed by atoms with Gasteiger partial charge in [0.25, 0.3) is 0 Å². The quantitative estimate of drug-likeness (QED) is 0.869. The van der Waals surface area contributed by atoms with Crippen LogP contribution in [-0.4, -0.2) is 40.9 Å². The number of benzene rings is 1. The lowest BCUT2D eigenvalue weighted by molar-refractivity contribution is -0.125. The van der Waals surface area contributed by atoms with Gasteiger partial charge in [0.1, 0.15) is 5.82 Å². The molecule has 25 heavy (non-hydrogen) atoms. The lowest BCUT2D eigenvalue weighted by atomic mass is 10.1. The van der Waals surface area contributed by atoms with Crippen molar-refractivity contribution in [3.63, 3.8) is 0 Å². The highest BCUT2D eigenvalue weighted by atomic mass is 19.1. The molecule has 1 aliphatic rings. The summed E-state index contributed by atoms with van der Waals surface area (Å²) in [5.41, 5.74) is 1.68. The third kappa shape index (κ3) is 4.24. The monoisotopic (exact) mass is 344 g/mol. The van der Waals surface area contributed by atoms with Crippen molar-refractivity contribution in [3.05, 3.63) is 54.1 Å². The van der Waals surface area contributed by atoms with E-state index >= 15 is 0 Å². The number of nitrogens with zero attached hydrogens (tertiary/aromatic N) is 2. The van der Waals surface area contributed by atoms with Gasteiger partial charge < -0.3 is 15.2 Å². The van der Waals surface area contributed by atoms with Crippen LogP contribution in [0.1, 0.15) is 18.7 Å². The summed E-state index contributed by atoms with van der Waals surface area (Å²) in [7, 11) is 0. The Hall–Kier alpha value is -2.67. The lowest BCUT2D eigenvalue weighted by Crippen LogP contribution is -2.44. The number of carbonyl (C=O) groups excluding carboxylic acids is 2. The molecule has 0 radical (unpaired) electrons. The van der Waals surface area contributed by atoms with Crippen molar-refractivity contribution < 1.29 is 14.0 Å². The summed E-state index contributed by atoms with van der Waals surface area (Å²) in [4.78, 5) is 26.1. The smallest absolute Gasteiger partial charge is 0.243 e. The molecule has 2 aromatic rings. The Morgan fingerprint density at radius 2 is 1.92 bits per heavy atom. The van der Waals surface area contributed by atoms with Crippen LogP contribution in [0.2, 0.25) is 0 Å². The van der Waals surface area contributed by atoms with E-state index < -0.39 is 0 Å². The SMILES string of the molecule is C[C@@H]1c2cccn2CCN1CC(=O)NCC(=O)Nc1ccc(F)cc1. The van der Waals surface area contributed by atoms with Gasteiger partial charge in [-0.1, -0.05) is 0 Å². The number of rotatable bonds is 5. The predicted octanol–water partition coefficient (Wildman–Crippen LogP) is 1.76. The topological polar surface area (TPSA) is 66.4 Å². The van der Waals surface area contributed by atoms with Crippen LogP contribution in [0.5, 0.6) is 0 Å². The van der Waals surface area contributed by atoms with Gasteiger partial charge in [-0.15, -0.1) is 0 Å². The van der Waals surface area contributed by atoms with Crippen LogP contribution >= 0.6 is 0 Å². The Morgan fingerprint density at radius 1 is 1.16 bits per heavy atom. The van der Waals surface area contributed by atoms with E-state index in [0.29, 0.717) is 5.69 Å². The fourth-order valence-corrected chi connectivity index (χ4v) is 3.00. The van der Waals surface area contributed by atoms with Crippen LogP contribution in [0.25, 0.3) is 0 Å². The van der Waals surface area contributed by atoms with Crippen LogP contribution in [0, 0.1) is 5.82 Å². The summed E-state index contributed by atoms with van der Waals surface area (Å²) < 4.78 is 15.0. The molecular formula is C18H21FN4O2. The first-order valence-electron chi connectivity index (χ1n) is 8.24. The molecule has 1 aliphatic heterocycles. The molecule has 0 saturated carbocycles. The third-order valence-electron chi connectivity index (χ3n) is 4.39. The van der Waals surface area contributed by atoms with Crippen LogP contribution in [-0.2, 0) is 16.1 Å². The van der Waals surface area contributed by atoms with Gasteiger partial charge in [-0.2, -0.15) is 0 Å². The zero-order chi connectivity index (χ0) is 17.8. The first-order chi connectivity index (χ1) is 12.0. The Kier molecular flexibility index (Phi) is 5.14. The number of hydrogen-bond donors (Lipinski definition) is 2. The number of aromatic nitrogens is 1. The Morgan fingerprint density at radius 3 is 2.68 bits per heavy atom. The van der Waals surface area contributed by atoms with Crippen molar-refractivity contribution in [2.45, 2.75) is 19.5 Å². The number of amides is 2. The highest BCUT2D eigenvalue weighted by molar-refractivity contribution is 5.94.